The number of nitrogens with two attached hydrogens (primary N) is 1. The Kier molecular flexibility index (Phi) is 3.21. The summed E-state index contributed by atoms with van der Waals surface area (Å²) >= 11 is 0. The van der Waals surface area contributed by atoms with Gasteiger partial charge in [0.2, 0.25) is 0 Å². The zero-order valence-electron chi connectivity index (χ0n) is 8.48. The fraction of sp³-hybridized carbons (Fsp3) is 0.455. The third kappa shape index (κ3) is 1.93. The fourth-order valence-corrected chi connectivity index (χ4v) is 1.43. The minimum absolute atomic E-state index is 0.0718. The van der Waals surface area contributed by atoms with Crippen LogP contribution < -0.4 is 5.73 Å². The Morgan fingerprint density at radius 3 is 2.57 bits per heavy atom. The van der Waals surface area contributed by atoms with Crippen LogP contribution >= 0.6 is 0 Å². The highest BCUT2D eigenvalue weighted by Gasteiger charge is 2.31. The molecule has 0 aliphatic carbocycles. The van der Waals surface area contributed by atoms with Gasteiger partial charge in [-0.3, -0.25) is 0 Å². The van der Waals surface area contributed by atoms with E-state index in [0.717, 1.165) is 5.56 Å². The van der Waals surface area contributed by atoms with E-state index in [9.17, 15) is 8.78 Å². The second-order valence-corrected chi connectivity index (χ2v) is 3.51. The molecule has 1 atom stereocenters. The van der Waals surface area contributed by atoms with E-state index < -0.39 is 11.5 Å². The minimum Gasteiger partial charge on any atom is -0.327 e. The molecule has 0 saturated carbocycles. The normalized spacial score (nSPS) is 15.2. The van der Waals surface area contributed by atoms with Gasteiger partial charge < -0.3 is 5.73 Å². The number of aryl methyl sites for hydroxylation is 1. The summed E-state index contributed by atoms with van der Waals surface area (Å²) in [7, 11) is 0. The SMILES string of the molecule is CCC(F)(CN)c1cc(C)ccc1F. The smallest absolute Gasteiger partial charge is 0.150 e. The topological polar surface area (TPSA) is 26.0 Å². The van der Waals surface area contributed by atoms with Crippen LogP contribution in [0.15, 0.2) is 18.2 Å². The van der Waals surface area contributed by atoms with Crippen molar-refractivity contribution in [2.75, 3.05) is 6.54 Å². The molecule has 0 bridgehead atoms. The van der Waals surface area contributed by atoms with Gasteiger partial charge in [-0.2, -0.15) is 0 Å². The average molecular weight is 199 g/mol. The lowest BCUT2D eigenvalue weighted by Gasteiger charge is -2.23. The lowest BCUT2D eigenvalue weighted by molar-refractivity contribution is 0.162. The average Bonchev–Trinajstić information content (AvgIpc) is 2.20. The molecule has 3 heteroatoms. The second kappa shape index (κ2) is 4.05. The number of hydrogen-bond donors (Lipinski definition) is 1. The zero-order valence-corrected chi connectivity index (χ0v) is 8.48. The minimum atomic E-state index is -1.74. The monoisotopic (exact) mass is 199 g/mol. The van der Waals surface area contributed by atoms with Crippen LogP contribution in [-0.4, -0.2) is 6.54 Å². The summed E-state index contributed by atoms with van der Waals surface area (Å²) in [4.78, 5) is 0. The van der Waals surface area contributed by atoms with Crippen molar-refractivity contribution in [2.24, 2.45) is 5.73 Å². The molecule has 1 rings (SSSR count). The summed E-state index contributed by atoms with van der Waals surface area (Å²) in [6.07, 6.45) is 0.184. The van der Waals surface area contributed by atoms with Crippen molar-refractivity contribution in [1.29, 1.82) is 0 Å². The Bertz CT molecular complexity index is 319. The highest BCUT2D eigenvalue weighted by atomic mass is 19.1. The summed E-state index contributed by atoms with van der Waals surface area (Å²) in [5.41, 5.74) is 4.50. The van der Waals surface area contributed by atoms with Crippen molar-refractivity contribution in [2.45, 2.75) is 25.9 Å². The van der Waals surface area contributed by atoms with Crippen LogP contribution in [0, 0.1) is 12.7 Å². The second-order valence-electron chi connectivity index (χ2n) is 3.51. The molecule has 0 fully saturated rings. The first-order chi connectivity index (χ1) is 6.53. The molecule has 0 saturated heterocycles. The molecule has 1 aromatic carbocycles. The molecule has 0 amide bonds. The first-order valence-electron chi connectivity index (χ1n) is 4.69. The molecule has 0 spiro atoms. The predicted octanol–water partition coefficient (Wildman–Crippen LogP) is 2.67. The Hall–Kier alpha value is -0.960. The van der Waals surface area contributed by atoms with Crippen molar-refractivity contribution in [3.8, 4) is 0 Å². The fourth-order valence-electron chi connectivity index (χ4n) is 1.43. The summed E-state index contributed by atoms with van der Waals surface area (Å²) in [5, 5.41) is 0. The van der Waals surface area contributed by atoms with Gasteiger partial charge in [0.05, 0.1) is 0 Å². The largest absolute Gasteiger partial charge is 0.327 e. The van der Waals surface area contributed by atoms with Gasteiger partial charge in [0, 0.05) is 12.1 Å². The molecule has 1 nitrogen and oxygen atoms in total. The lowest BCUT2D eigenvalue weighted by Crippen LogP contribution is -2.30. The molecular formula is C11H15F2N. The van der Waals surface area contributed by atoms with Crippen LogP contribution in [0.5, 0.6) is 0 Å². The maximum absolute atomic E-state index is 14.1. The molecule has 0 heterocycles. The standard InChI is InChI=1S/C11H15F2N/c1-3-11(13,7-14)9-6-8(2)4-5-10(9)12/h4-6H,3,7,14H2,1-2H3. The number of alkyl halides is 1. The van der Waals surface area contributed by atoms with Crippen LogP contribution in [0.2, 0.25) is 0 Å². The van der Waals surface area contributed by atoms with Gasteiger partial charge in [0.15, 0.2) is 5.67 Å². The Morgan fingerprint density at radius 1 is 1.43 bits per heavy atom. The van der Waals surface area contributed by atoms with Gasteiger partial charge in [0.1, 0.15) is 5.82 Å². The molecule has 14 heavy (non-hydrogen) atoms. The summed E-state index contributed by atoms with van der Waals surface area (Å²) in [6, 6.07) is 4.42. The van der Waals surface area contributed by atoms with E-state index >= 15 is 0 Å². The van der Waals surface area contributed by atoms with Crippen molar-refractivity contribution >= 4 is 0 Å². The lowest BCUT2D eigenvalue weighted by atomic mass is 9.91. The Labute approximate surface area is 82.9 Å². The summed E-state index contributed by atoms with van der Waals surface area (Å²) in [6.45, 7) is 3.27. The van der Waals surface area contributed by atoms with Gasteiger partial charge >= 0.3 is 0 Å². The third-order valence-corrected chi connectivity index (χ3v) is 2.49. The van der Waals surface area contributed by atoms with Crippen LogP contribution in [0.25, 0.3) is 0 Å². The van der Waals surface area contributed by atoms with E-state index in [4.69, 9.17) is 5.73 Å². The number of hydrogen-bond acceptors (Lipinski definition) is 1. The van der Waals surface area contributed by atoms with E-state index in [2.05, 4.69) is 0 Å². The van der Waals surface area contributed by atoms with E-state index in [0.29, 0.717) is 0 Å². The molecule has 0 radical (unpaired) electrons. The summed E-state index contributed by atoms with van der Waals surface area (Å²) < 4.78 is 27.4. The van der Waals surface area contributed by atoms with Crippen molar-refractivity contribution in [3.63, 3.8) is 0 Å². The molecule has 0 aliphatic heterocycles. The van der Waals surface area contributed by atoms with Crippen molar-refractivity contribution < 1.29 is 8.78 Å². The van der Waals surface area contributed by atoms with Crippen LogP contribution in [0.4, 0.5) is 8.78 Å². The van der Waals surface area contributed by atoms with Crippen LogP contribution in [0.3, 0.4) is 0 Å². The highest BCUT2D eigenvalue weighted by molar-refractivity contribution is 5.29. The van der Waals surface area contributed by atoms with E-state index in [-0.39, 0.29) is 18.5 Å². The molecule has 1 unspecified atom stereocenters. The first kappa shape index (κ1) is 11.1. The Morgan fingerprint density at radius 2 is 2.07 bits per heavy atom. The molecule has 2 N–H and O–H groups in total. The maximum Gasteiger partial charge on any atom is 0.150 e. The van der Waals surface area contributed by atoms with E-state index in [1.54, 1.807) is 19.9 Å². The summed E-state index contributed by atoms with van der Waals surface area (Å²) in [5.74, 6) is -0.523. The van der Waals surface area contributed by atoms with E-state index in [1.807, 2.05) is 0 Å². The molecule has 0 aliphatic rings. The van der Waals surface area contributed by atoms with E-state index in [1.165, 1.54) is 12.1 Å². The zero-order chi connectivity index (χ0) is 10.8. The van der Waals surface area contributed by atoms with Gasteiger partial charge in [0.25, 0.3) is 0 Å². The predicted molar refractivity (Wildman–Crippen MR) is 53.3 cm³/mol. The Balaban J connectivity index is 3.22. The molecular weight excluding hydrogens is 184 g/mol. The molecule has 1 aromatic rings. The highest BCUT2D eigenvalue weighted by Crippen LogP contribution is 2.31. The van der Waals surface area contributed by atoms with Gasteiger partial charge in [-0.05, 0) is 25.5 Å². The van der Waals surface area contributed by atoms with Gasteiger partial charge in [-0.15, -0.1) is 0 Å². The van der Waals surface area contributed by atoms with Crippen LogP contribution in [-0.2, 0) is 5.67 Å². The molecule has 78 valence electrons. The quantitative estimate of drug-likeness (QED) is 0.795. The van der Waals surface area contributed by atoms with Crippen LogP contribution in [0.1, 0.15) is 24.5 Å². The maximum atomic E-state index is 14.1. The van der Waals surface area contributed by atoms with Crippen molar-refractivity contribution in [3.05, 3.63) is 35.1 Å². The van der Waals surface area contributed by atoms with Crippen molar-refractivity contribution in [1.82, 2.24) is 0 Å². The first-order valence-corrected chi connectivity index (χ1v) is 4.69. The van der Waals surface area contributed by atoms with Gasteiger partial charge in [-0.25, -0.2) is 8.78 Å². The third-order valence-electron chi connectivity index (χ3n) is 2.49. The number of halogens is 2. The molecule has 0 aromatic heterocycles. The number of benzene rings is 1. The number of rotatable bonds is 3. The van der Waals surface area contributed by atoms with Gasteiger partial charge in [-0.1, -0.05) is 18.6 Å².